The number of nitrogens with zero attached hydrogens (tertiary/aromatic N) is 2. The fraction of sp³-hybridized carbons (Fsp3) is 0.706. The molecule has 7 heteroatoms. The molecule has 2 aliphatic rings. The third kappa shape index (κ3) is 3.82. The monoisotopic (exact) mass is 368 g/mol. The number of fused-ring (bicyclic) bond motifs is 1. The summed E-state index contributed by atoms with van der Waals surface area (Å²) < 4.78 is 6.88. The van der Waals surface area contributed by atoms with E-state index < -0.39 is 0 Å². The summed E-state index contributed by atoms with van der Waals surface area (Å²) in [7, 11) is 0. The number of carbonyl (C=O) groups excluding carboxylic acids is 1. The number of esters is 1. The van der Waals surface area contributed by atoms with E-state index >= 15 is 0 Å². The minimum Gasteiger partial charge on any atom is -0.465 e. The van der Waals surface area contributed by atoms with Crippen LogP contribution in [0.4, 0.5) is 0 Å². The van der Waals surface area contributed by atoms with E-state index in [1.54, 1.807) is 18.7 Å². The van der Waals surface area contributed by atoms with E-state index in [0.29, 0.717) is 17.0 Å². The van der Waals surface area contributed by atoms with Gasteiger partial charge in [-0.2, -0.15) is 0 Å². The standard InChI is InChI=1S/C17H24N2O3S2/c1-3-22-14(20)10-23-17-18-13-9-11(2)24-15(13)16(21)19(17)12-7-5-4-6-8-12/h11-12H,3-10H2,1-2H3. The molecule has 0 N–H and O–H groups in total. The van der Waals surface area contributed by atoms with Crippen molar-refractivity contribution in [3.05, 3.63) is 16.0 Å². The van der Waals surface area contributed by atoms with Gasteiger partial charge in [0.2, 0.25) is 0 Å². The Labute approximate surface area is 150 Å². The van der Waals surface area contributed by atoms with Crippen LogP contribution in [-0.2, 0) is 16.0 Å². The van der Waals surface area contributed by atoms with Gasteiger partial charge in [-0.15, -0.1) is 11.8 Å². The SMILES string of the molecule is CCOC(=O)CSc1nc2c(c(=O)n1C1CCCCC1)SC(C)C2. The zero-order valence-corrected chi connectivity index (χ0v) is 15.9. The van der Waals surface area contributed by atoms with Crippen molar-refractivity contribution < 1.29 is 9.53 Å². The van der Waals surface area contributed by atoms with E-state index in [1.807, 2.05) is 4.57 Å². The molecule has 0 bridgehead atoms. The molecule has 1 aliphatic heterocycles. The van der Waals surface area contributed by atoms with E-state index in [-0.39, 0.29) is 23.3 Å². The molecular weight excluding hydrogens is 344 g/mol. The quantitative estimate of drug-likeness (QED) is 0.451. The molecule has 0 aromatic carbocycles. The molecule has 2 heterocycles. The van der Waals surface area contributed by atoms with Crippen molar-refractivity contribution in [2.24, 2.45) is 0 Å². The maximum Gasteiger partial charge on any atom is 0.316 e. The Kier molecular flexibility index (Phi) is 5.92. The number of aromatic nitrogens is 2. The van der Waals surface area contributed by atoms with Gasteiger partial charge in [0.05, 0.1) is 22.9 Å². The summed E-state index contributed by atoms with van der Waals surface area (Å²) in [5.74, 6) is -0.0516. The Balaban J connectivity index is 1.92. The first-order chi connectivity index (χ1) is 11.6. The molecule has 1 fully saturated rings. The summed E-state index contributed by atoms with van der Waals surface area (Å²) in [5, 5.41) is 1.08. The van der Waals surface area contributed by atoms with Crippen LogP contribution in [0.5, 0.6) is 0 Å². The van der Waals surface area contributed by atoms with Crippen LogP contribution in [0.25, 0.3) is 0 Å². The lowest BCUT2D eigenvalue weighted by molar-refractivity contribution is -0.139. The summed E-state index contributed by atoms with van der Waals surface area (Å²) >= 11 is 2.98. The topological polar surface area (TPSA) is 61.2 Å². The molecule has 132 valence electrons. The van der Waals surface area contributed by atoms with Gasteiger partial charge in [0.15, 0.2) is 5.16 Å². The summed E-state index contributed by atoms with van der Waals surface area (Å²) in [6.07, 6.45) is 6.41. The highest BCUT2D eigenvalue weighted by Crippen LogP contribution is 2.36. The normalized spacial score (nSPS) is 20.8. The van der Waals surface area contributed by atoms with Crippen LogP contribution >= 0.6 is 23.5 Å². The first kappa shape index (κ1) is 17.9. The lowest BCUT2D eigenvalue weighted by Gasteiger charge is -2.26. The van der Waals surface area contributed by atoms with E-state index in [9.17, 15) is 9.59 Å². The van der Waals surface area contributed by atoms with Gasteiger partial charge in [-0.05, 0) is 19.8 Å². The van der Waals surface area contributed by atoms with E-state index in [2.05, 4.69) is 6.92 Å². The fourth-order valence-corrected chi connectivity index (χ4v) is 5.38. The van der Waals surface area contributed by atoms with E-state index in [0.717, 1.165) is 42.7 Å². The molecule has 5 nitrogen and oxygen atoms in total. The second kappa shape index (κ2) is 7.95. The number of ether oxygens (including phenoxy) is 1. The zero-order valence-electron chi connectivity index (χ0n) is 14.2. The van der Waals surface area contributed by atoms with Gasteiger partial charge >= 0.3 is 5.97 Å². The zero-order chi connectivity index (χ0) is 17.1. The predicted molar refractivity (Wildman–Crippen MR) is 97.0 cm³/mol. The van der Waals surface area contributed by atoms with Crippen molar-refractivity contribution in [1.29, 1.82) is 0 Å². The van der Waals surface area contributed by atoms with Crippen molar-refractivity contribution in [2.45, 2.75) is 73.7 Å². The minimum absolute atomic E-state index is 0.0904. The minimum atomic E-state index is -0.254. The fourth-order valence-electron chi connectivity index (χ4n) is 3.40. The van der Waals surface area contributed by atoms with Crippen molar-refractivity contribution >= 4 is 29.5 Å². The second-order valence-corrected chi connectivity index (χ2v) is 8.75. The first-order valence-corrected chi connectivity index (χ1v) is 10.6. The van der Waals surface area contributed by atoms with Gasteiger partial charge in [-0.25, -0.2) is 4.98 Å². The molecule has 1 aromatic rings. The number of carbonyl (C=O) groups is 1. The molecular formula is C17H24N2O3S2. The van der Waals surface area contributed by atoms with Crippen molar-refractivity contribution in [1.82, 2.24) is 9.55 Å². The smallest absolute Gasteiger partial charge is 0.316 e. The van der Waals surface area contributed by atoms with Gasteiger partial charge in [0, 0.05) is 17.7 Å². The van der Waals surface area contributed by atoms with Crippen LogP contribution in [0.15, 0.2) is 14.8 Å². The highest BCUT2D eigenvalue weighted by molar-refractivity contribution is 8.00. The maximum absolute atomic E-state index is 13.1. The molecule has 0 radical (unpaired) electrons. The Hall–Kier alpha value is -0.950. The molecule has 3 rings (SSSR count). The van der Waals surface area contributed by atoms with Crippen LogP contribution in [-0.4, -0.2) is 33.1 Å². The molecule has 1 aliphatic carbocycles. The van der Waals surface area contributed by atoms with Gasteiger partial charge in [-0.3, -0.25) is 14.2 Å². The van der Waals surface area contributed by atoms with Crippen LogP contribution in [0.3, 0.4) is 0 Å². The first-order valence-electron chi connectivity index (χ1n) is 8.70. The van der Waals surface area contributed by atoms with Crippen LogP contribution in [0, 0.1) is 0 Å². The molecule has 0 saturated heterocycles. The average Bonchev–Trinajstić information content (AvgIpc) is 2.95. The molecule has 1 saturated carbocycles. The molecule has 24 heavy (non-hydrogen) atoms. The molecule has 0 amide bonds. The highest BCUT2D eigenvalue weighted by atomic mass is 32.2. The van der Waals surface area contributed by atoms with Gasteiger partial charge < -0.3 is 4.74 Å². The number of rotatable bonds is 5. The van der Waals surface area contributed by atoms with Gasteiger partial charge in [0.25, 0.3) is 5.56 Å². The van der Waals surface area contributed by atoms with Crippen LogP contribution < -0.4 is 5.56 Å². The molecule has 0 spiro atoms. The van der Waals surface area contributed by atoms with Crippen molar-refractivity contribution in [3.63, 3.8) is 0 Å². The number of hydrogen-bond acceptors (Lipinski definition) is 6. The van der Waals surface area contributed by atoms with Crippen molar-refractivity contribution in [2.75, 3.05) is 12.4 Å². The number of hydrogen-bond donors (Lipinski definition) is 0. The maximum atomic E-state index is 13.1. The largest absolute Gasteiger partial charge is 0.465 e. The van der Waals surface area contributed by atoms with Crippen molar-refractivity contribution in [3.8, 4) is 0 Å². The second-order valence-electron chi connectivity index (χ2n) is 6.36. The molecule has 1 atom stereocenters. The molecule has 1 unspecified atom stereocenters. The van der Waals surface area contributed by atoms with Crippen LogP contribution in [0.2, 0.25) is 0 Å². The predicted octanol–water partition coefficient (Wildman–Crippen LogP) is 3.44. The summed E-state index contributed by atoms with van der Waals surface area (Å²) in [5.41, 5.74) is 0.989. The van der Waals surface area contributed by atoms with Gasteiger partial charge in [-0.1, -0.05) is 37.9 Å². The Morgan fingerprint density at radius 3 is 2.83 bits per heavy atom. The average molecular weight is 369 g/mol. The Morgan fingerprint density at radius 2 is 2.12 bits per heavy atom. The highest BCUT2D eigenvalue weighted by Gasteiger charge is 2.29. The lowest BCUT2D eigenvalue weighted by Crippen LogP contribution is -2.30. The lowest BCUT2D eigenvalue weighted by atomic mass is 9.95. The van der Waals surface area contributed by atoms with Gasteiger partial charge in [0.1, 0.15) is 0 Å². The Bertz CT molecular complexity index is 669. The third-order valence-electron chi connectivity index (χ3n) is 4.48. The van der Waals surface area contributed by atoms with Crippen LogP contribution in [0.1, 0.15) is 57.7 Å². The Morgan fingerprint density at radius 1 is 1.38 bits per heavy atom. The third-order valence-corrected chi connectivity index (χ3v) is 6.62. The molecule has 1 aromatic heterocycles. The summed E-state index contributed by atoms with van der Waals surface area (Å²) in [4.78, 5) is 30.4. The summed E-state index contributed by atoms with van der Waals surface area (Å²) in [6, 6.07) is 0.213. The van der Waals surface area contributed by atoms with E-state index in [1.165, 1.54) is 18.2 Å². The number of thioether (sulfide) groups is 2. The van der Waals surface area contributed by atoms with E-state index in [4.69, 9.17) is 9.72 Å². The summed E-state index contributed by atoms with van der Waals surface area (Å²) in [6.45, 7) is 4.30.